The van der Waals surface area contributed by atoms with E-state index in [1.807, 2.05) is 88.4 Å². The largest absolute Gasteiger partial charge is 0.361 e. The molecule has 5 atom stereocenters. The normalized spacial score (nSPS) is 18.3. The highest BCUT2D eigenvalue weighted by Gasteiger charge is 2.50. The van der Waals surface area contributed by atoms with Crippen molar-refractivity contribution in [3.63, 3.8) is 0 Å². The predicted octanol–water partition coefficient (Wildman–Crippen LogP) is 4.52. The number of carbonyl (C=O) groups is 4. The fraction of sp³-hybridized carbons (Fsp3) is 0.579. The van der Waals surface area contributed by atoms with Crippen LogP contribution < -0.4 is 21.3 Å². The van der Waals surface area contributed by atoms with E-state index in [4.69, 9.17) is 4.74 Å². The fourth-order valence-electron chi connectivity index (χ4n) is 5.61. The lowest BCUT2D eigenvalue weighted by atomic mass is 9.93. The Kier molecular flexibility index (Phi) is 14.6. The molecule has 0 bridgehead atoms. The molecule has 1 aliphatic rings. The van der Waals surface area contributed by atoms with Gasteiger partial charge in [-0.15, -0.1) is 0 Å². The Bertz CT molecular complexity index is 1290. The highest BCUT2D eigenvalue weighted by Crippen LogP contribution is 2.29. The molecule has 1 heterocycles. The van der Waals surface area contributed by atoms with E-state index in [1.165, 1.54) is 0 Å². The molecule has 47 heavy (non-hydrogen) atoms. The molecule has 3 amide bonds. The molecular formula is C38H56N4O5. The van der Waals surface area contributed by atoms with Crippen molar-refractivity contribution < 1.29 is 23.9 Å². The van der Waals surface area contributed by atoms with Crippen LogP contribution in [0.1, 0.15) is 85.3 Å². The zero-order chi connectivity index (χ0) is 34.6. The van der Waals surface area contributed by atoms with Gasteiger partial charge in [0.25, 0.3) is 0 Å². The zero-order valence-electron chi connectivity index (χ0n) is 29.3. The first-order valence-corrected chi connectivity index (χ1v) is 17.2. The highest BCUT2D eigenvalue weighted by molar-refractivity contribution is 5.98. The van der Waals surface area contributed by atoms with Gasteiger partial charge in [0.05, 0.1) is 18.7 Å². The number of ether oxygens (including phenoxy) is 1. The Morgan fingerprint density at radius 3 is 1.70 bits per heavy atom. The molecule has 1 unspecified atom stereocenters. The summed E-state index contributed by atoms with van der Waals surface area (Å²) in [4.78, 5) is 54.8. The first-order chi connectivity index (χ1) is 22.3. The Morgan fingerprint density at radius 1 is 0.660 bits per heavy atom. The van der Waals surface area contributed by atoms with E-state index in [0.717, 1.165) is 11.1 Å². The summed E-state index contributed by atoms with van der Waals surface area (Å²) in [6, 6.07) is 16.5. The summed E-state index contributed by atoms with van der Waals surface area (Å²) < 4.78 is 5.41. The molecule has 1 aliphatic heterocycles. The van der Waals surface area contributed by atoms with Gasteiger partial charge in [-0.3, -0.25) is 19.2 Å². The van der Waals surface area contributed by atoms with Gasteiger partial charge in [-0.05, 0) is 62.0 Å². The van der Waals surface area contributed by atoms with Crippen molar-refractivity contribution in [3.05, 3.63) is 71.8 Å². The topological polar surface area (TPSA) is 129 Å². The molecule has 2 aromatic rings. The molecule has 9 heteroatoms. The molecular weight excluding hydrogens is 592 g/mol. The first-order valence-electron chi connectivity index (χ1n) is 17.2. The maximum Gasteiger partial charge on any atom is 0.243 e. The number of hydrogen-bond acceptors (Lipinski definition) is 6. The number of aryl methyl sites for hydroxylation is 1. The number of hydrogen-bond donors (Lipinski definition) is 4. The molecule has 0 saturated carbocycles. The van der Waals surface area contributed by atoms with Crippen LogP contribution in [0.5, 0.6) is 0 Å². The lowest BCUT2D eigenvalue weighted by molar-refractivity contribution is -0.134. The third-order valence-corrected chi connectivity index (χ3v) is 8.44. The van der Waals surface area contributed by atoms with Crippen LogP contribution in [0, 0.1) is 11.8 Å². The quantitative estimate of drug-likeness (QED) is 0.156. The Labute approximate surface area is 281 Å². The van der Waals surface area contributed by atoms with Crippen LogP contribution in [0.2, 0.25) is 0 Å². The van der Waals surface area contributed by atoms with Gasteiger partial charge >= 0.3 is 0 Å². The average Bonchev–Trinajstić information content (AvgIpc) is 3.78. The van der Waals surface area contributed by atoms with Gasteiger partial charge in [0.1, 0.15) is 17.7 Å². The van der Waals surface area contributed by atoms with E-state index in [0.29, 0.717) is 44.6 Å². The monoisotopic (exact) mass is 648 g/mol. The van der Waals surface area contributed by atoms with E-state index in [1.54, 1.807) is 6.92 Å². The zero-order valence-corrected chi connectivity index (χ0v) is 29.3. The predicted molar refractivity (Wildman–Crippen MR) is 186 cm³/mol. The molecule has 0 radical (unpaired) electrons. The van der Waals surface area contributed by atoms with Crippen molar-refractivity contribution in [2.45, 2.75) is 123 Å². The number of nitrogens with one attached hydrogen (secondary N) is 4. The number of rotatable bonds is 20. The van der Waals surface area contributed by atoms with Crippen LogP contribution in [0.4, 0.5) is 0 Å². The van der Waals surface area contributed by atoms with Crippen LogP contribution in [-0.4, -0.2) is 65.9 Å². The lowest BCUT2D eigenvalue weighted by Gasteiger charge is -2.28. The molecule has 2 aromatic carbocycles. The Morgan fingerprint density at radius 2 is 1.17 bits per heavy atom. The minimum absolute atomic E-state index is 0.0632. The molecule has 258 valence electrons. The van der Waals surface area contributed by atoms with Gasteiger partial charge in [-0.1, -0.05) is 102 Å². The molecule has 1 saturated heterocycles. The molecule has 0 aliphatic carbocycles. The number of amides is 3. The van der Waals surface area contributed by atoms with E-state index in [9.17, 15) is 19.2 Å². The van der Waals surface area contributed by atoms with Crippen LogP contribution >= 0.6 is 0 Å². The smallest absolute Gasteiger partial charge is 0.243 e. The van der Waals surface area contributed by atoms with Gasteiger partial charge in [0, 0.05) is 12.5 Å². The van der Waals surface area contributed by atoms with Crippen LogP contribution in [0.25, 0.3) is 0 Å². The van der Waals surface area contributed by atoms with Gasteiger partial charge in [-0.2, -0.15) is 0 Å². The maximum atomic E-state index is 14.0. The SMILES string of the molecule is CC(C)CC[C@H](NC(=O)[C@H](CCc1ccccc1)NC(C)C)C(=O)N[C@@H](Cc1ccccc1)C(=O)NC(CC(C)C)C(=O)[C@@]1(C)CO1. The van der Waals surface area contributed by atoms with Gasteiger partial charge in [0.2, 0.25) is 17.7 Å². The molecule has 3 rings (SSSR count). The van der Waals surface area contributed by atoms with Crippen LogP contribution in [0.15, 0.2) is 60.7 Å². The van der Waals surface area contributed by atoms with Gasteiger partial charge in [-0.25, -0.2) is 0 Å². The summed E-state index contributed by atoms with van der Waals surface area (Å²) in [5, 5.41) is 12.3. The van der Waals surface area contributed by atoms with Crippen molar-refractivity contribution in [1.82, 2.24) is 21.3 Å². The van der Waals surface area contributed by atoms with Crippen molar-refractivity contribution in [3.8, 4) is 0 Å². The molecule has 9 nitrogen and oxygen atoms in total. The number of ketones is 1. The Hall–Kier alpha value is -3.56. The van der Waals surface area contributed by atoms with E-state index in [-0.39, 0.29) is 30.1 Å². The van der Waals surface area contributed by atoms with Gasteiger partial charge < -0.3 is 26.0 Å². The van der Waals surface area contributed by atoms with Crippen LogP contribution in [0.3, 0.4) is 0 Å². The van der Waals surface area contributed by atoms with E-state index >= 15 is 0 Å². The summed E-state index contributed by atoms with van der Waals surface area (Å²) >= 11 is 0. The summed E-state index contributed by atoms with van der Waals surface area (Å²) in [5.41, 5.74) is 1.11. The molecule has 0 aromatic heterocycles. The number of Topliss-reactive ketones (excluding diaryl/α,β-unsaturated/α-hetero) is 1. The second-order valence-corrected chi connectivity index (χ2v) is 14.3. The summed E-state index contributed by atoms with van der Waals surface area (Å²) in [6.45, 7) is 14.2. The lowest BCUT2D eigenvalue weighted by Crippen LogP contribution is -2.58. The van der Waals surface area contributed by atoms with Crippen molar-refractivity contribution in [2.24, 2.45) is 11.8 Å². The van der Waals surface area contributed by atoms with Gasteiger partial charge in [0.15, 0.2) is 5.78 Å². The van der Waals surface area contributed by atoms with Crippen LogP contribution in [-0.2, 0) is 36.8 Å². The number of carbonyl (C=O) groups excluding carboxylic acids is 4. The highest BCUT2D eigenvalue weighted by atomic mass is 16.6. The number of benzene rings is 2. The Balaban J connectivity index is 1.81. The molecule has 4 N–H and O–H groups in total. The molecule has 0 spiro atoms. The van der Waals surface area contributed by atoms with Crippen molar-refractivity contribution in [2.75, 3.05) is 6.61 Å². The third kappa shape index (κ3) is 12.9. The maximum absolute atomic E-state index is 14.0. The van der Waals surface area contributed by atoms with Crippen molar-refractivity contribution in [1.29, 1.82) is 0 Å². The summed E-state index contributed by atoms with van der Waals surface area (Å²) in [5.74, 6) is -0.818. The van der Waals surface area contributed by atoms with Crippen molar-refractivity contribution >= 4 is 23.5 Å². The minimum atomic E-state index is -0.957. The van der Waals surface area contributed by atoms with E-state index in [2.05, 4.69) is 35.1 Å². The molecule has 1 fully saturated rings. The summed E-state index contributed by atoms with van der Waals surface area (Å²) in [6.07, 6.45) is 3.10. The van der Waals surface area contributed by atoms with E-state index < -0.39 is 41.6 Å². The third-order valence-electron chi connectivity index (χ3n) is 8.44. The first kappa shape index (κ1) is 37.9. The second-order valence-electron chi connectivity index (χ2n) is 14.3. The average molecular weight is 649 g/mol. The standard InChI is InChI=1S/C38H56N4O5/c1-25(2)18-20-31(40-35(44)30(39-27(5)6)21-19-28-14-10-8-11-15-28)36(45)42-33(23-29-16-12-9-13-17-29)37(46)41-32(22-26(3)4)34(43)38(7)24-47-38/h8-17,25-27,30-33,39H,18-24H2,1-7H3,(H,40,44)(H,41,46)(H,42,45)/t30-,31-,32?,33-,38+/m0/s1. The minimum Gasteiger partial charge on any atom is -0.361 e. The number of epoxide rings is 1. The summed E-state index contributed by atoms with van der Waals surface area (Å²) in [7, 11) is 0. The fourth-order valence-corrected chi connectivity index (χ4v) is 5.61. The second kappa shape index (κ2) is 18.1.